The quantitative estimate of drug-likeness (QED) is 0.432. The van der Waals surface area contributed by atoms with E-state index in [0.717, 1.165) is 31.4 Å². The van der Waals surface area contributed by atoms with Gasteiger partial charge in [-0.25, -0.2) is 0 Å². The highest BCUT2D eigenvalue weighted by molar-refractivity contribution is 5.93. The first-order valence-electron chi connectivity index (χ1n) is 14.2. The summed E-state index contributed by atoms with van der Waals surface area (Å²) in [5.41, 5.74) is 1.66. The van der Waals surface area contributed by atoms with Crippen molar-refractivity contribution in [3.8, 4) is 0 Å². The maximum absolute atomic E-state index is 13.8. The van der Waals surface area contributed by atoms with Crippen LogP contribution in [0.15, 0.2) is 42.0 Å². The molecule has 1 saturated heterocycles. The second-order valence-corrected chi connectivity index (χ2v) is 11.8. The average Bonchev–Trinajstić information content (AvgIpc) is 2.88. The Labute approximate surface area is 230 Å². The molecule has 7 heteroatoms. The Balaban J connectivity index is 2.17. The van der Waals surface area contributed by atoms with E-state index < -0.39 is 6.04 Å². The van der Waals surface area contributed by atoms with Gasteiger partial charge in [-0.1, -0.05) is 70.5 Å². The van der Waals surface area contributed by atoms with Gasteiger partial charge in [0.05, 0.1) is 12.1 Å². The zero-order valence-corrected chi connectivity index (χ0v) is 25.0. The number of amides is 3. The third kappa shape index (κ3) is 8.42. The summed E-state index contributed by atoms with van der Waals surface area (Å²) in [4.78, 5) is 45.9. The number of likely N-dealkylation sites (tertiary alicyclic amines) is 1. The fourth-order valence-electron chi connectivity index (χ4n) is 5.29. The van der Waals surface area contributed by atoms with Gasteiger partial charge in [0, 0.05) is 32.3 Å². The zero-order valence-electron chi connectivity index (χ0n) is 25.0. The van der Waals surface area contributed by atoms with Gasteiger partial charge in [-0.05, 0) is 57.6 Å². The van der Waals surface area contributed by atoms with Gasteiger partial charge in [0.15, 0.2) is 0 Å². The Morgan fingerprint density at radius 3 is 2.18 bits per heavy atom. The molecule has 0 bridgehead atoms. The van der Waals surface area contributed by atoms with Crippen LogP contribution < -0.4 is 5.32 Å². The molecule has 3 atom stereocenters. The molecule has 2 rings (SSSR count). The fourth-order valence-corrected chi connectivity index (χ4v) is 5.29. The van der Waals surface area contributed by atoms with Crippen LogP contribution in [0.3, 0.4) is 0 Å². The first-order valence-corrected chi connectivity index (χ1v) is 14.2. The Morgan fingerprint density at radius 2 is 1.63 bits per heavy atom. The summed E-state index contributed by atoms with van der Waals surface area (Å²) >= 11 is 0. The molecule has 1 aromatic rings. The van der Waals surface area contributed by atoms with Crippen molar-refractivity contribution < 1.29 is 14.4 Å². The minimum absolute atomic E-state index is 0.0654. The van der Waals surface area contributed by atoms with Crippen LogP contribution in [0, 0.1) is 11.8 Å². The SMILES string of the molecule is C/C(=C\C(C(C)C)N(C)C(=O)[C@@H](NC(=O)[C@H]1CCCCN1C(C)C)C(C)C)C(=O)N(C)Cc1ccccc1. The van der Waals surface area contributed by atoms with Crippen molar-refractivity contribution in [1.29, 1.82) is 0 Å². The summed E-state index contributed by atoms with van der Waals surface area (Å²) in [5, 5.41) is 3.10. The van der Waals surface area contributed by atoms with Crippen LogP contribution in [0.1, 0.15) is 73.3 Å². The largest absolute Gasteiger partial charge is 0.343 e. The molecule has 212 valence electrons. The van der Waals surface area contributed by atoms with E-state index >= 15 is 0 Å². The van der Waals surface area contributed by atoms with Gasteiger partial charge in [-0.3, -0.25) is 19.3 Å². The predicted molar refractivity (Wildman–Crippen MR) is 154 cm³/mol. The minimum atomic E-state index is -0.630. The van der Waals surface area contributed by atoms with Gasteiger partial charge >= 0.3 is 0 Å². The molecule has 0 saturated carbocycles. The number of benzene rings is 1. The number of likely N-dealkylation sites (N-methyl/N-ethyl adjacent to an activating group) is 2. The molecule has 0 spiro atoms. The van der Waals surface area contributed by atoms with Crippen molar-refractivity contribution in [3.05, 3.63) is 47.5 Å². The van der Waals surface area contributed by atoms with Crippen LogP contribution in [0.25, 0.3) is 0 Å². The molecule has 0 aromatic heterocycles. The molecular weight excluding hydrogens is 476 g/mol. The van der Waals surface area contributed by atoms with Crippen LogP contribution in [-0.2, 0) is 20.9 Å². The lowest BCUT2D eigenvalue weighted by Gasteiger charge is -2.39. The number of nitrogens with one attached hydrogen (secondary N) is 1. The van der Waals surface area contributed by atoms with Gasteiger partial charge in [0.2, 0.25) is 17.7 Å². The molecule has 3 amide bonds. The zero-order chi connectivity index (χ0) is 28.6. The van der Waals surface area contributed by atoms with Crippen molar-refractivity contribution >= 4 is 17.7 Å². The number of rotatable bonds is 11. The summed E-state index contributed by atoms with van der Waals surface area (Å²) in [7, 11) is 3.57. The summed E-state index contributed by atoms with van der Waals surface area (Å²) < 4.78 is 0. The van der Waals surface area contributed by atoms with Gasteiger partial charge < -0.3 is 15.1 Å². The second kappa shape index (κ2) is 14.5. The molecule has 1 aromatic carbocycles. The van der Waals surface area contributed by atoms with Crippen LogP contribution >= 0.6 is 0 Å². The van der Waals surface area contributed by atoms with Crippen molar-refractivity contribution in [3.63, 3.8) is 0 Å². The lowest BCUT2D eigenvalue weighted by molar-refractivity contribution is -0.140. The van der Waals surface area contributed by atoms with E-state index in [-0.39, 0.29) is 47.7 Å². The average molecular weight is 527 g/mol. The highest BCUT2D eigenvalue weighted by atomic mass is 16.2. The lowest BCUT2D eigenvalue weighted by atomic mass is 9.95. The van der Waals surface area contributed by atoms with Crippen molar-refractivity contribution in [2.24, 2.45) is 11.8 Å². The maximum atomic E-state index is 13.8. The molecule has 0 aliphatic carbocycles. The standard InChI is InChI=1S/C31H50N4O3/c1-21(2)27(19-24(7)30(37)33(8)20-25-15-11-10-12-16-25)34(9)31(38)28(22(3)4)32-29(36)26-17-13-14-18-35(26)23(5)6/h10-12,15-16,19,21-23,26-28H,13-14,17-18,20H2,1-9H3,(H,32,36)/b24-19+/t26-,27?,28+/m1/s1. The molecule has 1 aliphatic rings. The Kier molecular flexibility index (Phi) is 12.0. The smallest absolute Gasteiger partial charge is 0.249 e. The van der Waals surface area contributed by atoms with E-state index in [4.69, 9.17) is 0 Å². The normalized spacial score (nSPS) is 18.4. The Hall–Kier alpha value is -2.67. The highest BCUT2D eigenvalue weighted by Crippen LogP contribution is 2.22. The molecule has 7 nitrogen and oxygen atoms in total. The maximum Gasteiger partial charge on any atom is 0.249 e. The summed E-state index contributed by atoms with van der Waals surface area (Å²) in [6.45, 7) is 15.5. The van der Waals surface area contributed by atoms with E-state index in [2.05, 4.69) is 24.1 Å². The molecular formula is C31H50N4O3. The number of nitrogens with zero attached hydrogens (tertiary/aromatic N) is 3. The second-order valence-electron chi connectivity index (χ2n) is 11.8. The minimum Gasteiger partial charge on any atom is -0.343 e. The Morgan fingerprint density at radius 1 is 1.00 bits per heavy atom. The highest BCUT2D eigenvalue weighted by Gasteiger charge is 2.36. The first-order chi connectivity index (χ1) is 17.8. The third-order valence-electron chi connectivity index (χ3n) is 7.59. The van der Waals surface area contributed by atoms with Gasteiger partial charge in [0.25, 0.3) is 0 Å². The van der Waals surface area contributed by atoms with Crippen molar-refractivity contribution in [1.82, 2.24) is 20.0 Å². The van der Waals surface area contributed by atoms with E-state index in [9.17, 15) is 14.4 Å². The number of hydrogen-bond acceptors (Lipinski definition) is 4. The van der Waals surface area contributed by atoms with Crippen LogP contribution in [-0.4, -0.2) is 77.2 Å². The van der Waals surface area contributed by atoms with Crippen molar-refractivity contribution in [2.45, 2.75) is 98.4 Å². The van der Waals surface area contributed by atoms with Crippen LogP contribution in [0.5, 0.6) is 0 Å². The van der Waals surface area contributed by atoms with Gasteiger partial charge in [-0.15, -0.1) is 0 Å². The first kappa shape index (κ1) is 31.5. The number of carbonyl (C=O) groups excluding carboxylic acids is 3. The molecule has 0 radical (unpaired) electrons. The van der Waals surface area contributed by atoms with Gasteiger partial charge in [-0.2, -0.15) is 0 Å². The van der Waals surface area contributed by atoms with E-state index in [1.807, 2.05) is 71.0 Å². The summed E-state index contributed by atoms with van der Waals surface area (Å²) in [6, 6.07) is 9.04. The fraction of sp³-hybridized carbons (Fsp3) is 0.645. The molecule has 1 heterocycles. The monoisotopic (exact) mass is 526 g/mol. The number of hydrogen-bond donors (Lipinski definition) is 1. The van der Waals surface area contributed by atoms with E-state index in [1.54, 1.807) is 23.9 Å². The molecule has 1 fully saturated rings. The molecule has 38 heavy (non-hydrogen) atoms. The number of piperidine rings is 1. The third-order valence-corrected chi connectivity index (χ3v) is 7.59. The molecule has 1 N–H and O–H groups in total. The summed E-state index contributed by atoms with van der Waals surface area (Å²) in [6.07, 6.45) is 4.83. The van der Waals surface area contributed by atoms with E-state index in [0.29, 0.717) is 12.1 Å². The molecule has 1 aliphatic heterocycles. The summed E-state index contributed by atoms with van der Waals surface area (Å²) in [5.74, 6) is -0.247. The molecule has 1 unspecified atom stereocenters. The predicted octanol–water partition coefficient (Wildman–Crippen LogP) is 4.48. The van der Waals surface area contributed by atoms with Crippen LogP contribution in [0.2, 0.25) is 0 Å². The number of carbonyl (C=O) groups is 3. The van der Waals surface area contributed by atoms with E-state index in [1.165, 1.54) is 0 Å². The Bertz CT molecular complexity index is 957. The van der Waals surface area contributed by atoms with Crippen LogP contribution in [0.4, 0.5) is 0 Å². The van der Waals surface area contributed by atoms with Gasteiger partial charge in [0.1, 0.15) is 6.04 Å². The van der Waals surface area contributed by atoms with Crippen molar-refractivity contribution in [2.75, 3.05) is 20.6 Å². The lowest BCUT2D eigenvalue weighted by Crippen LogP contribution is -2.58. The topological polar surface area (TPSA) is 73.0 Å².